The van der Waals surface area contributed by atoms with Crippen LogP contribution in [-0.4, -0.2) is 37.6 Å². The van der Waals surface area contributed by atoms with E-state index in [4.69, 9.17) is 10.5 Å². The van der Waals surface area contributed by atoms with Crippen LogP contribution < -0.4 is 10.5 Å². The summed E-state index contributed by atoms with van der Waals surface area (Å²) in [4.78, 5) is 14.2. The SMILES string of the molecule is COc1ccc(C(=O)N2CCC(C)(CN)C2)cc1. The molecule has 18 heavy (non-hydrogen) atoms. The van der Waals surface area contributed by atoms with Crippen LogP contribution in [0.1, 0.15) is 23.7 Å². The molecule has 1 aromatic rings. The average molecular weight is 248 g/mol. The van der Waals surface area contributed by atoms with Crippen LogP contribution in [0.3, 0.4) is 0 Å². The predicted octanol–water partition coefficient (Wildman–Crippen LogP) is 1.51. The van der Waals surface area contributed by atoms with E-state index in [-0.39, 0.29) is 11.3 Å². The van der Waals surface area contributed by atoms with Crippen molar-refractivity contribution in [1.82, 2.24) is 4.90 Å². The maximum atomic E-state index is 12.3. The molecular weight excluding hydrogens is 228 g/mol. The normalized spacial score (nSPS) is 23.2. The monoisotopic (exact) mass is 248 g/mol. The van der Waals surface area contributed by atoms with E-state index in [0.717, 1.165) is 25.3 Å². The molecule has 4 heteroatoms. The van der Waals surface area contributed by atoms with Gasteiger partial charge in [0.15, 0.2) is 0 Å². The first-order chi connectivity index (χ1) is 8.58. The van der Waals surface area contributed by atoms with Crippen molar-refractivity contribution in [2.75, 3.05) is 26.7 Å². The number of carbonyl (C=O) groups excluding carboxylic acids is 1. The average Bonchev–Trinajstić information content (AvgIpc) is 2.81. The third kappa shape index (κ3) is 2.48. The molecule has 2 N–H and O–H groups in total. The number of amides is 1. The smallest absolute Gasteiger partial charge is 0.253 e. The zero-order valence-electron chi connectivity index (χ0n) is 11.0. The molecule has 0 aromatic heterocycles. The lowest BCUT2D eigenvalue weighted by molar-refractivity contribution is 0.0777. The zero-order valence-corrected chi connectivity index (χ0v) is 11.0. The second-order valence-corrected chi connectivity index (χ2v) is 5.22. The lowest BCUT2D eigenvalue weighted by atomic mass is 9.90. The van der Waals surface area contributed by atoms with Crippen molar-refractivity contribution >= 4 is 5.91 Å². The summed E-state index contributed by atoms with van der Waals surface area (Å²) in [6.45, 7) is 4.29. The largest absolute Gasteiger partial charge is 0.497 e. The molecule has 2 rings (SSSR count). The second kappa shape index (κ2) is 4.98. The minimum absolute atomic E-state index is 0.0716. The highest BCUT2D eigenvalue weighted by Crippen LogP contribution is 2.29. The summed E-state index contributed by atoms with van der Waals surface area (Å²) in [6, 6.07) is 7.23. The number of hydrogen-bond acceptors (Lipinski definition) is 3. The molecule has 0 aliphatic carbocycles. The molecule has 1 aromatic carbocycles. The number of nitrogens with zero attached hydrogens (tertiary/aromatic N) is 1. The molecule has 1 saturated heterocycles. The number of rotatable bonds is 3. The molecule has 1 unspecified atom stereocenters. The number of hydrogen-bond donors (Lipinski definition) is 1. The Morgan fingerprint density at radius 1 is 1.44 bits per heavy atom. The molecule has 4 nitrogen and oxygen atoms in total. The van der Waals surface area contributed by atoms with Crippen molar-refractivity contribution < 1.29 is 9.53 Å². The quantitative estimate of drug-likeness (QED) is 0.882. The van der Waals surface area contributed by atoms with Gasteiger partial charge in [-0.3, -0.25) is 4.79 Å². The highest BCUT2D eigenvalue weighted by atomic mass is 16.5. The molecule has 0 radical (unpaired) electrons. The fraction of sp³-hybridized carbons (Fsp3) is 0.500. The fourth-order valence-corrected chi connectivity index (χ4v) is 2.28. The van der Waals surface area contributed by atoms with Crippen LogP contribution in [0.15, 0.2) is 24.3 Å². The Balaban J connectivity index is 2.08. The maximum Gasteiger partial charge on any atom is 0.253 e. The Morgan fingerprint density at radius 2 is 2.11 bits per heavy atom. The standard InChI is InChI=1S/C14H20N2O2/c1-14(9-15)7-8-16(10-14)13(17)11-3-5-12(18-2)6-4-11/h3-6H,7-10,15H2,1-2H3. The van der Waals surface area contributed by atoms with Gasteiger partial charge in [-0.05, 0) is 42.6 Å². The van der Waals surface area contributed by atoms with Gasteiger partial charge in [0.2, 0.25) is 0 Å². The van der Waals surface area contributed by atoms with Crippen molar-refractivity contribution in [2.45, 2.75) is 13.3 Å². The van der Waals surface area contributed by atoms with Crippen LogP contribution in [0.5, 0.6) is 5.75 Å². The Labute approximate surface area is 108 Å². The Kier molecular flexibility index (Phi) is 3.57. The Bertz CT molecular complexity index is 430. The number of benzene rings is 1. The van der Waals surface area contributed by atoms with Gasteiger partial charge in [0.1, 0.15) is 5.75 Å². The number of ether oxygens (including phenoxy) is 1. The van der Waals surface area contributed by atoms with Gasteiger partial charge in [-0.2, -0.15) is 0 Å². The second-order valence-electron chi connectivity index (χ2n) is 5.22. The molecule has 98 valence electrons. The summed E-state index contributed by atoms with van der Waals surface area (Å²) in [5.41, 5.74) is 6.53. The fourth-order valence-electron chi connectivity index (χ4n) is 2.28. The van der Waals surface area contributed by atoms with E-state index in [9.17, 15) is 4.79 Å². The molecular formula is C14H20N2O2. The molecule has 0 saturated carbocycles. The third-order valence-corrected chi connectivity index (χ3v) is 3.67. The summed E-state index contributed by atoms with van der Waals surface area (Å²) in [5, 5.41) is 0. The minimum atomic E-state index is 0.0716. The highest BCUT2D eigenvalue weighted by Gasteiger charge is 2.35. The van der Waals surface area contributed by atoms with Crippen molar-refractivity contribution in [3.8, 4) is 5.75 Å². The molecule has 1 atom stereocenters. The zero-order chi connectivity index (χ0) is 13.2. The molecule has 0 spiro atoms. The van der Waals surface area contributed by atoms with Gasteiger partial charge in [-0.25, -0.2) is 0 Å². The van der Waals surface area contributed by atoms with Gasteiger partial charge in [0.05, 0.1) is 7.11 Å². The van der Waals surface area contributed by atoms with Gasteiger partial charge in [0.25, 0.3) is 5.91 Å². The van der Waals surface area contributed by atoms with Crippen LogP contribution in [-0.2, 0) is 0 Å². The molecule has 1 amide bonds. The third-order valence-electron chi connectivity index (χ3n) is 3.67. The van der Waals surface area contributed by atoms with Gasteiger partial charge in [-0.15, -0.1) is 0 Å². The van der Waals surface area contributed by atoms with Crippen molar-refractivity contribution in [3.63, 3.8) is 0 Å². The first-order valence-corrected chi connectivity index (χ1v) is 6.21. The van der Waals surface area contributed by atoms with Crippen molar-refractivity contribution in [2.24, 2.45) is 11.1 Å². The van der Waals surface area contributed by atoms with Crippen LogP contribution in [0.4, 0.5) is 0 Å². The summed E-state index contributed by atoms with van der Waals surface area (Å²) in [6.07, 6.45) is 0.978. The molecule has 1 heterocycles. The summed E-state index contributed by atoms with van der Waals surface area (Å²) in [7, 11) is 1.62. The minimum Gasteiger partial charge on any atom is -0.497 e. The van der Waals surface area contributed by atoms with Crippen LogP contribution in [0.2, 0.25) is 0 Å². The summed E-state index contributed by atoms with van der Waals surface area (Å²) in [5.74, 6) is 0.842. The summed E-state index contributed by atoms with van der Waals surface area (Å²) >= 11 is 0. The molecule has 1 aliphatic heterocycles. The predicted molar refractivity (Wildman–Crippen MR) is 70.7 cm³/mol. The van der Waals surface area contributed by atoms with E-state index in [1.807, 2.05) is 17.0 Å². The number of likely N-dealkylation sites (tertiary alicyclic amines) is 1. The number of carbonyl (C=O) groups is 1. The molecule has 1 aliphatic rings. The molecule has 0 bridgehead atoms. The van der Waals surface area contributed by atoms with E-state index in [0.29, 0.717) is 12.1 Å². The Hall–Kier alpha value is -1.55. The first kappa shape index (κ1) is 12.9. The van der Waals surface area contributed by atoms with Gasteiger partial charge >= 0.3 is 0 Å². The van der Waals surface area contributed by atoms with Crippen molar-refractivity contribution in [1.29, 1.82) is 0 Å². The Morgan fingerprint density at radius 3 is 2.61 bits per heavy atom. The van der Waals surface area contributed by atoms with E-state index in [2.05, 4.69) is 6.92 Å². The summed E-state index contributed by atoms with van der Waals surface area (Å²) < 4.78 is 5.08. The first-order valence-electron chi connectivity index (χ1n) is 6.21. The highest BCUT2D eigenvalue weighted by molar-refractivity contribution is 5.94. The van der Waals surface area contributed by atoms with Gasteiger partial charge < -0.3 is 15.4 Å². The van der Waals surface area contributed by atoms with Crippen LogP contribution in [0.25, 0.3) is 0 Å². The lowest BCUT2D eigenvalue weighted by Crippen LogP contribution is -2.34. The van der Waals surface area contributed by atoms with Crippen LogP contribution in [0, 0.1) is 5.41 Å². The van der Waals surface area contributed by atoms with E-state index < -0.39 is 0 Å². The maximum absolute atomic E-state index is 12.3. The molecule has 1 fully saturated rings. The van der Waals surface area contributed by atoms with Gasteiger partial charge in [-0.1, -0.05) is 6.92 Å². The van der Waals surface area contributed by atoms with E-state index >= 15 is 0 Å². The van der Waals surface area contributed by atoms with Gasteiger partial charge in [0, 0.05) is 18.7 Å². The number of methoxy groups -OCH3 is 1. The number of nitrogens with two attached hydrogens (primary N) is 1. The topological polar surface area (TPSA) is 55.6 Å². The van der Waals surface area contributed by atoms with Crippen LogP contribution >= 0.6 is 0 Å². The van der Waals surface area contributed by atoms with Crippen molar-refractivity contribution in [3.05, 3.63) is 29.8 Å². The van der Waals surface area contributed by atoms with E-state index in [1.165, 1.54) is 0 Å². The van der Waals surface area contributed by atoms with E-state index in [1.54, 1.807) is 19.2 Å². The lowest BCUT2D eigenvalue weighted by Gasteiger charge is -2.22.